The Morgan fingerprint density at radius 1 is 1.22 bits per heavy atom. The normalized spacial score (nSPS) is 12.6. The molecule has 170 valence electrons. The molecule has 1 aromatic carbocycles. The molecule has 7 nitrogen and oxygen atoms in total. The van der Waals surface area contributed by atoms with Crippen molar-refractivity contribution in [2.75, 3.05) is 13.7 Å². The van der Waals surface area contributed by atoms with E-state index in [1.54, 1.807) is 10.6 Å². The van der Waals surface area contributed by atoms with Crippen LogP contribution >= 0.6 is 0 Å². The predicted octanol–water partition coefficient (Wildman–Crippen LogP) is 3.79. The Bertz CT molecular complexity index is 1200. The number of rotatable bonds is 7. The van der Waals surface area contributed by atoms with Gasteiger partial charge in [0.25, 0.3) is 5.56 Å². The molecule has 1 aliphatic rings. The summed E-state index contributed by atoms with van der Waals surface area (Å²) in [5, 5.41) is 11.2. The van der Waals surface area contributed by atoms with E-state index in [1.807, 2.05) is 39.0 Å². The topological polar surface area (TPSA) is 90.7 Å². The van der Waals surface area contributed by atoms with Gasteiger partial charge in [-0.05, 0) is 43.2 Å². The van der Waals surface area contributed by atoms with Gasteiger partial charge in [0.15, 0.2) is 6.29 Å². The number of fused-ring (bicyclic) bond motifs is 4. The fraction of sp³-hybridized carbons (Fsp3) is 0.400. The number of pyridine rings is 2. The molecule has 0 fully saturated rings. The van der Waals surface area contributed by atoms with Gasteiger partial charge in [-0.2, -0.15) is 0 Å². The molecule has 0 radical (unpaired) electrons. The lowest BCUT2D eigenvalue weighted by Crippen LogP contribution is -2.26. The molecule has 1 atom stereocenters. The summed E-state index contributed by atoms with van der Waals surface area (Å²) in [4.78, 5) is 29.3. The number of aromatic nitrogens is 2. The second-order valence-corrected chi connectivity index (χ2v) is 7.25. The third kappa shape index (κ3) is 3.94. The largest absolute Gasteiger partial charge is 0.494 e. The van der Waals surface area contributed by atoms with Crippen molar-refractivity contribution in [2.24, 2.45) is 0 Å². The third-order valence-electron chi connectivity index (χ3n) is 5.57. The van der Waals surface area contributed by atoms with Gasteiger partial charge in [0.05, 0.1) is 36.7 Å². The summed E-state index contributed by atoms with van der Waals surface area (Å²) >= 11 is 0. The molecule has 3 heterocycles. The Kier molecular flexibility index (Phi) is 7.43. The second kappa shape index (κ2) is 10.1. The highest BCUT2D eigenvalue weighted by Gasteiger charge is 2.29. The highest BCUT2D eigenvalue weighted by molar-refractivity contribution is 5.89. The van der Waals surface area contributed by atoms with Crippen LogP contribution in [0.5, 0.6) is 5.75 Å². The van der Waals surface area contributed by atoms with Gasteiger partial charge in [-0.15, -0.1) is 0 Å². The number of carbonyl (C=O) groups is 1. The number of nitrogens with zero attached hydrogens (tertiary/aromatic N) is 2. The Morgan fingerprint density at radius 2 is 1.97 bits per heavy atom. The van der Waals surface area contributed by atoms with Crippen molar-refractivity contribution in [1.82, 2.24) is 9.55 Å². The van der Waals surface area contributed by atoms with Crippen LogP contribution in [0.3, 0.4) is 0 Å². The molecule has 4 rings (SSSR count). The molecule has 0 bridgehead atoms. The molecular weight excluding hydrogens is 408 g/mol. The molecule has 1 N–H and O–H groups in total. The summed E-state index contributed by atoms with van der Waals surface area (Å²) in [6.07, 6.45) is -0.201. The molecule has 0 saturated carbocycles. The zero-order chi connectivity index (χ0) is 23.4. The first-order valence-corrected chi connectivity index (χ1v) is 11.0. The SMILES string of the molecule is CC.CCOc1ccc2nc3c(c(CC)c2c1)Cn1c-3cc(C(O)C=O)c(COC)c1=O. The van der Waals surface area contributed by atoms with Crippen LogP contribution in [-0.4, -0.2) is 34.7 Å². The monoisotopic (exact) mass is 438 g/mol. The number of hydrogen-bond acceptors (Lipinski definition) is 6. The first-order valence-electron chi connectivity index (χ1n) is 11.0. The van der Waals surface area contributed by atoms with Crippen LogP contribution in [0.2, 0.25) is 0 Å². The van der Waals surface area contributed by atoms with E-state index >= 15 is 0 Å². The van der Waals surface area contributed by atoms with Crippen LogP contribution in [0, 0.1) is 0 Å². The van der Waals surface area contributed by atoms with Crippen molar-refractivity contribution in [3.63, 3.8) is 0 Å². The van der Waals surface area contributed by atoms with Gasteiger partial charge < -0.3 is 23.9 Å². The van der Waals surface area contributed by atoms with Crippen LogP contribution in [0.15, 0.2) is 29.1 Å². The molecule has 32 heavy (non-hydrogen) atoms. The highest BCUT2D eigenvalue weighted by Crippen LogP contribution is 2.37. The van der Waals surface area contributed by atoms with Crippen molar-refractivity contribution in [3.05, 3.63) is 56.9 Å². The van der Waals surface area contributed by atoms with Crippen LogP contribution < -0.4 is 10.3 Å². The average molecular weight is 439 g/mol. The lowest BCUT2D eigenvalue weighted by Gasteiger charge is -2.14. The van der Waals surface area contributed by atoms with E-state index in [0.29, 0.717) is 30.8 Å². The lowest BCUT2D eigenvalue weighted by atomic mass is 9.98. The Balaban J connectivity index is 0.00000141. The molecule has 0 aliphatic carbocycles. The number of aliphatic hydroxyl groups excluding tert-OH is 1. The van der Waals surface area contributed by atoms with E-state index in [9.17, 15) is 14.7 Å². The summed E-state index contributed by atoms with van der Waals surface area (Å²) in [6.45, 7) is 9.01. The Labute approximate surface area is 187 Å². The minimum atomic E-state index is -1.39. The molecule has 2 aromatic heterocycles. The number of ether oxygens (including phenoxy) is 2. The minimum Gasteiger partial charge on any atom is -0.494 e. The van der Waals surface area contributed by atoms with Crippen LogP contribution in [0.25, 0.3) is 22.3 Å². The number of hydrogen-bond donors (Lipinski definition) is 1. The van der Waals surface area contributed by atoms with Gasteiger partial charge in [-0.1, -0.05) is 20.8 Å². The molecule has 1 unspecified atom stereocenters. The van der Waals surface area contributed by atoms with Gasteiger partial charge in [0, 0.05) is 29.2 Å². The number of aldehydes is 1. The number of aliphatic hydroxyl groups is 1. The van der Waals surface area contributed by atoms with Gasteiger partial charge in [0.1, 0.15) is 11.9 Å². The predicted molar refractivity (Wildman–Crippen MR) is 124 cm³/mol. The van der Waals surface area contributed by atoms with Gasteiger partial charge in [-0.3, -0.25) is 4.79 Å². The summed E-state index contributed by atoms with van der Waals surface area (Å²) in [5.41, 5.74) is 4.51. The van der Waals surface area contributed by atoms with E-state index in [4.69, 9.17) is 14.5 Å². The fourth-order valence-corrected chi connectivity index (χ4v) is 4.24. The maximum atomic E-state index is 13.2. The third-order valence-corrected chi connectivity index (χ3v) is 5.57. The van der Waals surface area contributed by atoms with E-state index in [2.05, 4.69) is 6.92 Å². The van der Waals surface area contributed by atoms with Crippen molar-refractivity contribution < 1.29 is 19.4 Å². The maximum absolute atomic E-state index is 13.2. The molecule has 0 amide bonds. The first kappa shape index (κ1) is 23.6. The fourth-order valence-electron chi connectivity index (χ4n) is 4.24. The first-order chi connectivity index (χ1) is 15.5. The van der Waals surface area contributed by atoms with E-state index in [-0.39, 0.29) is 23.3 Å². The van der Waals surface area contributed by atoms with Gasteiger partial charge >= 0.3 is 0 Å². The molecule has 0 saturated heterocycles. The van der Waals surface area contributed by atoms with Crippen LogP contribution in [0.1, 0.15) is 56.1 Å². The second-order valence-electron chi connectivity index (χ2n) is 7.25. The summed E-state index contributed by atoms with van der Waals surface area (Å²) in [5.74, 6) is 0.785. The van der Waals surface area contributed by atoms with E-state index in [0.717, 1.165) is 34.2 Å². The standard InChI is InChI=1S/C23H24N2O5.C2H6/c1-4-14-15-8-13(30-5-2)6-7-19(15)24-22-17(14)10-25-20(22)9-16(21(27)11-26)18(12-29-3)23(25)28;1-2/h6-9,11,21,27H,4-5,10,12H2,1-3H3;1-2H3. The lowest BCUT2D eigenvalue weighted by molar-refractivity contribution is -0.115. The minimum absolute atomic E-state index is 0.0173. The summed E-state index contributed by atoms with van der Waals surface area (Å²) in [7, 11) is 1.47. The Hall–Kier alpha value is -3.03. The number of carbonyl (C=O) groups excluding carboxylic acids is 1. The van der Waals surface area contributed by atoms with Crippen molar-refractivity contribution in [2.45, 2.75) is 53.4 Å². The highest BCUT2D eigenvalue weighted by atomic mass is 16.5. The quantitative estimate of drug-likeness (QED) is 0.442. The molecular formula is C25H30N2O5. The van der Waals surface area contributed by atoms with Gasteiger partial charge in [0.2, 0.25) is 0 Å². The molecule has 3 aromatic rings. The maximum Gasteiger partial charge on any atom is 0.257 e. The number of benzene rings is 1. The van der Waals surface area contributed by atoms with E-state index in [1.165, 1.54) is 7.11 Å². The number of methoxy groups -OCH3 is 1. The Morgan fingerprint density at radius 3 is 2.59 bits per heavy atom. The zero-order valence-corrected chi connectivity index (χ0v) is 19.3. The molecule has 7 heteroatoms. The smallest absolute Gasteiger partial charge is 0.257 e. The van der Waals surface area contributed by atoms with Crippen molar-refractivity contribution >= 4 is 17.2 Å². The van der Waals surface area contributed by atoms with Crippen LogP contribution in [0.4, 0.5) is 0 Å². The molecule has 1 aliphatic heterocycles. The van der Waals surface area contributed by atoms with Crippen molar-refractivity contribution in [1.29, 1.82) is 0 Å². The van der Waals surface area contributed by atoms with E-state index < -0.39 is 6.10 Å². The number of aryl methyl sites for hydroxylation is 1. The summed E-state index contributed by atoms with van der Waals surface area (Å²) in [6, 6.07) is 7.49. The van der Waals surface area contributed by atoms with Gasteiger partial charge in [-0.25, -0.2) is 4.98 Å². The van der Waals surface area contributed by atoms with Crippen molar-refractivity contribution in [3.8, 4) is 17.1 Å². The molecule has 0 spiro atoms. The zero-order valence-electron chi connectivity index (χ0n) is 19.3. The average Bonchev–Trinajstić information content (AvgIpc) is 3.18. The summed E-state index contributed by atoms with van der Waals surface area (Å²) < 4.78 is 12.5. The van der Waals surface area contributed by atoms with Crippen LogP contribution in [-0.2, 0) is 29.1 Å².